The fourth-order valence-corrected chi connectivity index (χ4v) is 5.29. The van der Waals surface area contributed by atoms with Gasteiger partial charge >= 0.3 is 0 Å². The van der Waals surface area contributed by atoms with E-state index in [4.69, 9.17) is 0 Å². The fourth-order valence-electron chi connectivity index (χ4n) is 3.49. The molecule has 0 aromatic heterocycles. The lowest BCUT2D eigenvalue weighted by Gasteiger charge is -2.38. The summed E-state index contributed by atoms with van der Waals surface area (Å²) in [5, 5.41) is 3.32. The first kappa shape index (κ1) is 16.2. The van der Waals surface area contributed by atoms with Crippen LogP contribution in [0.5, 0.6) is 0 Å². The molecule has 0 radical (unpaired) electrons. The van der Waals surface area contributed by atoms with E-state index < -0.39 is 10.2 Å². The molecule has 1 saturated heterocycles. The van der Waals surface area contributed by atoms with Gasteiger partial charge < -0.3 is 5.32 Å². The Hall–Kier alpha value is -0.170. The van der Waals surface area contributed by atoms with Crippen molar-refractivity contribution < 1.29 is 8.42 Å². The van der Waals surface area contributed by atoms with Crippen molar-refractivity contribution in [1.82, 2.24) is 13.9 Å². The van der Waals surface area contributed by atoms with Crippen LogP contribution in [0.4, 0.5) is 0 Å². The standard InChI is InChI=1S/C14H29N3O2S/c1-3-17(14-10-7-11-15-12-14)20(18,19)16(2)13-8-5-4-6-9-13/h13-15H,3-12H2,1-2H3. The van der Waals surface area contributed by atoms with Crippen molar-refractivity contribution in [1.29, 1.82) is 0 Å². The van der Waals surface area contributed by atoms with Gasteiger partial charge in [-0.1, -0.05) is 26.2 Å². The van der Waals surface area contributed by atoms with Crippen molar-refractivity contribution in [3.63, 3.8) is 0 Å². The van der Waals surface area contributed by atoms with Gasteiger partial charge in [-0.3, -0.25) is 0 Å². The molecule has 0 bridgehead atoms. The minimum atomic E-state index is -3.32. The maximum atomic E-state index is 12.9. The molecule has 1 N–H and O–H groups in total. The average molecular weight is 303 g/mol. The van der Waals surface area contributed by atoms with E-state index in [9.17, 15) is 8.42 Å². The van der Waals surface area contributed by atoms with E-state index in [1.165, 1.54) is 6.42 Å². The molecule has 1 heterocycles. The Morgan fingerprint density at radius 1 is 1.05 bits per heavy atom. The summed E-state index contributed by atoms with van der Waals surface area (Å²) in [4.78, 5) is 0. The van der Waals surface area contributed by atoms with Gasteiger partial charge in [0.2, 0.25) is 0 Å². The van der Waals surface area contributed by atoms with Gasteiger partial charge in [0.1, 0.15) is 0 Å². The highest BCUT2D eigenvalue weighted by Crippen LogP contribution is 2.26. The van der Waals surface area contributed by atoms with Gasteiger partial charge in [0.05, 0.1) is 0 Å². The van der Waals surface area contributed by atoms with Crippen molar-refractivity contribution in [3.05, 3.63) is 0 Å². The van der Waals surface area contributed by atoms with Crippen LogP contribution >= 0.6 is 0 Å². The summed E-state index contributed by atoms with van der Waals surface area (Å²) in [6.07, 6.45) is 7.60. The molecule has 1 aliphatic heterocycles. The van der Waals surface area contributed by atoms with Crippen molar-refractivity contribution in [3.8, 4) is 0 Å². The van der Waals surface area contributed by atoms with Crippen LogP contribution < -0.4 is 5.32 Å². The first-order valence-corrected chi connectivity index (χ1v) is 9.42. The van der Waals surface area contributed by atoms with Crippen molar-refractivity contribution in [2.75, 3.05) is 26.7 Å². The van der Waals surface area contributed by atoms with Crippen LogP contribution in [0.1, 0.15) is 51.9 Å². The van der Waals surface area contributed by atoms with Gasteiger partial charge in [0.25, 0.3) is 10.2 Å². The van der Waals surface area contributed by atoms with Crippen molar-refractivity contribution in [2.45, 2.75) is 64.0 Å². The third kappa shape index (κ3) is 3.53. The van der Waals surface area contributed by atoms with Gasteiger partial charge in [-0.05, 0) is 32.2 Å². The summed E-state index contributed by atoms with van der Waals surface area (Å²) in [5.74, 6) is 0. The molecule has 20 heavy (non-hydrogen) atoms. The molecule has 1 saturated carbocycles. The van der Waals surface area contributed by atoms with E-state index >= 15 is 0 Å². The zero-order chi connectivity index (χ0) is 14.6. The highest BCUT2D eigenvalue weighted by molar-refractivity contribution is 7.86. The van der Waals surface area contributed by atoms with E-state index in [0.717, 1.165) is 51.6 Å². The first-order valence-electron chi connectivity index (χ1n) is 8.03. The third-order valence-electron chi connectivity index (χ3n) is 4.74. The minimum Gasteiger partial charge on any atom is -0.315 e. The number of likely N-dealkylation sites (N-methyl/N-ethyl adjacent to an activating group) is 1. The van der Waals surface area contributed by atoms with Crippen LogP contribution in [-0.4, -0.2) is 55.8 Å². The molecule has 6 heteroatoms. The minimum absolute atomic E-state index is 0.116. The predicted molar refractivity (Wildman–Crippen MR) is 81.8 cm³/mol. The van der Waals surface area contributed by atoms with Crippen LogP contribution in [0.15, 0.2) is 0 Å². The Labute approximate surface area is 123 Å². The number of rotatable bonds is 5. The molecule has 0 amide bonds. The molecule has 2 rings (SSSR count). The Kier molecular flexibility index (Phi) is 5.84. The molecule has 0 aromatic rings. The van der Waals surface area contributed by atoms with Gasteiger partial charge in [-0.2, -0.15) is 17.0 Å². The highest BCUT2D eigenvalue weighted by atomic mass is 32.2. The largest absolute Gasteiger partial charge is 0.315 e. The molecule has 1 aliphatic carbocycles. The molecule has 1 atom stereocenters. The summed E-state index contributed by atoms with van der Waals surface area (Å²) in [7, 11) is -1.56. The fraction of sp³-hybridized carbons (Fsp3) is 1.00. The van der Waals surface area contributed by atoms with Gasteiger partial charge in [0.15, 0.2) is 0 Å². The number of hydrogen-bond donors (Lipinski definition) is 1. The first-order chi connectivity index (χ1) is 9.57. The summed E-state index contributed by atoms with van der Waals surface area (Å²) in [6.45, 7) is 4.30. The maximum absolute atomic E-state index is 12.9. The monoisotopic (exact) mass is 303 g/mol. The molecule has 2 aliphatic rings. The lowest BCUT2D eigenvalue weighted by Crippen LogP contribution is -2.54. The Bertz CT molecular complexity index is 387. The van der Waals surface area contributed by atoms with E-state index in [1.807, 2.05) is 6.92 Å². The summed E-state index contributed by atoms with van der Waals surface area (Å²) < 4.78 is 29.1. The topological polar surface area (TPSA) is 52.7 Å². The summed E-state index contributed by atoms with van der Waals surface area (Å²) in [5.41, 5.74) is 0. The summed E-state index contributed by atoms with van der Waals surface area (Å²) >= 11 is 0. The normalized spacial score (nSPS) is 26.3. The zero-order valence-corrected chi connectivity index (χ0v) is 13.7. The molecule has 5 nitrogen and oxygen atoms in total. The van der Waals surface area contributed by atoms with Crippen molar-refractivity contribution in [2.24, 2.45) is 0 Å². The lowest BCUT2D eigenvalue weighted by molar-refractivity contribution is 0.228. The SMILES string of the molecule is CCN(C1CCCNC1)S(=O)(=O)N(C)C1CCCCC1. The van der Waals surface area contributed by atoms with Crippen LogP contribution in [-0.2, 0) is 10.2 Å². The number of nitrogens with one attached hydrogen (secondary N) is 1. The second kappa shape index (κ2) is 7.20. The second-order valence-electron chi connectivity index (χ2n) is 6.02. The highest BCUT2D eigenvalue weighted by Gasteiger charge is 2.36. The van der Waals surface area contributed by atoms with Crippen LogP contribution in [0.3, 0.4) is 0 Å². The Morgan fingerprint density at radius 2 is 1.70 bits per heavy atom. The van der Waals surface area contributed by atoms with Crippen LogP contribution in [0, 0.1) is 0 Å². The van der Waals surface area contributed by atoms with Crippen LogP contribution in [0.25, 0.3) is 0 Å². The van der Waals surface area contributed by atoms with E-state index in [1.54, 1.807) is 15.7 Å². The molecule has 2 fully saturated rings. The van der Waals surface area contributed by atoms with E-state index in [2.05, 4.69) is 5.32 Å². The average Bonchev–Trinajstić information content (AvgIpc) is 2.49. The van der Waals surface area contributed by atoms with Crippen LogP contribution in [0.2, 0.25) is 0 Å². The predicted octanol–water partition coefficient (Wildman–Crippen LogP) is 1.57. The second-order valence-corrected chi connectivity index (χ2v) is 7.96. The zero-order valence-electron chi connectivity index (χ0n) is 12.8. The van der Waals surface area contributed by atoms with Gasteiger partial charge in [-0.25, -0.2) is 0 Å². The number of piperidine rings is 1. The third-order valence-corrected chi connectivity index (χ3v) is 6.91. The molecule has 1 unspecified atom stereocenters. The molecular formula is C14H29N3O2S. The molecule has 0 spiro atoms. The smallest absolute Gasteiger partial charge is 0.282 e. The Balaban J connectivity index is 2.08. The summed E-state index contributed by atoms with van der Waals surface area (Å²) in [6, 6.07) is 0.309. The molecular weight excluding hydrogens is 274 g/mol. The van der Waals surface area contributed by atoms with E-state index in [-0.39, 0.29) is 12.1 Å². The quantitative estimate of drug-likeness (QED) is 0.839. The molecule has 118 valence electrons. The van der Waals surface area contributed by atoms with E-state index in [0.29, 0.717) is 6.54 Å². The molecule has 0 aromatic carbocycles. The Morgan fingerprint density at radius 3 is 2.25 bits per heavy atom. The van der Waals surface area contributed by atoms with Crippen molar-refractivity contribution >= 4 is 10.2 Å². The number of hydrogen-bond acceptors (Lipinski definition) is 3. The number of nitrogens with zero attached hydrogens (tertiary/aromatic N) is 2. The van der Waals surface area contributed by atoms with Gasteiger partial charge in [0, 0.05) is 32.2 Å². The lowest BCUT2D eigenvalue weighted by atomic mass is 9.96. The van der Waals surface area contributed by atoms with Gasteiger partial charge in [-0.15, -0.1) is 0 Å². The maximum Gasteiger partial charge on any atom is 0.282 e.